The van der Waals surface area contributed by atoms with Crippen molar-refractivity contribution in [2.45, 2.75) is 6.42 Å². The van der Waals surface area contributed by atoms with Gasteiger partial charge in [-0.3, -0.25) is 4.79 Å². The molecule has 2 aromatic carbocycles. The van der Waals surface area contributed by atoms with Gasteiger partial charge in [0.15, 0.2) is 0 Å². The van der Waals surface area contributed by atoms with Gasteiger partial charge in [-0.15, -0.1) is 5.10 Å². The number of rotatable bonds is 5. The lowest BCUT2D eigenvalue weighted by molar-refractivity contribution is 0.0958. The average molecular weight is 383 g/mol. The number of benzene rings is 2. The summed E-state index contributed by atoms with van der Waals surface area (Å²) in [6.07, 6.45) is 2.66. The number of hydrogen-bond acceptors (Lipinski definition) is 4. The largest absolute Gasteiger partial charge is 0.361 e. The number of aromatic nitrogens is 3. The summed E-state index contributed by atoms with van der Waals surface area (Å²) in [6.45, 7) is 0.518. The molecule has 130 valence electrons. The Hall–Kier alpha value is -2.70. The first-order valence-corrected chi connectivity index (χ1v) is 9.29. The van der Waals surface area contributed by atoms with E-state index in [1.807, 2.05) is 54.7 Å². The van der Waals surface area contributed by atoms with Gasteiger partial charge in [0, 0.05) is 34.2 Å². The van der Waals surface area contributed by atoms with Crippen LogP contribution < -0.4 is 5.32 Å². The third-order valence-corrected chi connectivity index (χ3v) is 5.11. The summed E-state index contributed by atoms with van der Waals surface area (Å²) >= 11 is 7.19. The van der Waals surface area contributed by atoms with Crippen molar-refractivity contribution in [1.29, 1.82) is 0 Å². The van der Waals surface area contributed by atoms with Crippen LogP contribution in [0.5, 0.6) is 0 Å². The van der Waals surface area contributed by atoms with Gasteiger partial charge in [-0.25, -0.2) is 0 Å². The zero-order chi connectivity index (χ0) is 17.9. The van der Waals surface area contributed by atoms with E-state index >= 15 is 0 Å². The summed E-state index contributed by atoms with van der Waals surface area (Å²) in [5.74, 6) is -0.156. The molecule has 2 N–H and O–H groups in total. The molecule has 0 aliphatic heterocycles. The zero-order valence-corrected chi connectivity index (χ0v) is 15.3. The summed E-state index contributed by atoms with van der Waals surface area (Å²) in [4.78, 5) is 16.3. The predicted molar refractivity (Wildman–Crippen MR) is 105 cm³/mol. The van der Waals surface area contributed by atoms with Crippen molar-refractivity contribution in [3.05, 3.63) is 70.2 Å². The maximum absolute atomic E-state index is 12.5. The van der Waals surface area contributed by atoms with Crippen LogP contribution >= 0.6 is 23.1 Å². The Morgan fingerprint density at radius 3 is 2.88 bits per heavy atom. The van der Waals surface area contributed by atoms with Gasteiger partial charge in [0.25, 0.3) is 5.91 Å². The van der Waals surface area contributed by atoms with Crippen LogP contribution in [-0.2, 0) is 6.42 Å². The van der Waals surface area contributed by atoms with E-state index in [-0.39, 0.29) is 5.91 Å². The number of fused-ring (bicyclic) bond motifs is 1. The fraction of sp³-hybridized carbons (Fsp3) is 0.105. The molecule has 5 nitrogen and oxygen atoms in total. The highest BCUT2D eigenvalue weighted by Crippen LogP contribution is 2.24. The van der Waals surface area contributed by atoms with Gasteiger partial charge in [0.1, 0.15) is 10.6 Å². The van der Waals surface area contributed by atoms with E-state index in [2.05, 4.69) is 19.9 Å². The Bertz CT molecular complexity index is 1060. The van der Waals surface area contributed by atoms with Crippen molar-refractivity contribution < 1.29 is 4.79 Å². The van der Waals surface area contributed by atoms with Crippen molar-refractivity contribution in [3.63, 3.8) is 0 Å². The molecule has 26 heavy (non-hydrogen) atoms. The Balaban J connectivity index is 1.45. The van der Waals surface area contributed by atoms with Gasteiger partial charge in [-0.1, -0.05) is 46.4 Å². The molecule has 0 aliphatic rings. The number of aromatic amines is 1. The number of nitrogens with zero attached hydrogens (tertiary/aromatic N) is 2. The molecule has 0 radical (unpaired) electrons. The maximum atomic E-state index is 12.5. The third-order valence-electron chi connectivity index (χ3n) is 4.15. The molecule has 0 bridgehead atoms. The smallest absolute Gasteiger partial charge is 0.265 e. The molecule has 0 atom stereocenters. The quantitative estimate of drug-likeness (QED) is 0.540. The van der Waals surface area contributed by atoms with Crippen LogP contribution in [-0.4, -0.2) is 27.0 Å². The van der Waals surface area contributed by atoms with E-state index in [1.165, 1.54) is 0 Å². The van der Waals surface area contributed by atoms with Crippen molar-refractivity contribution in [3.8, 4) is 11.3 Å². The van der Waals surface area contributed by atoms with E-state index < -0.39 is 0 Å². The fourth-order valence-corrected chi connectivity index (χ4v) is 3.65. The molecule has 4 aromatic rings. The van der Waals surface area contributed by atoms with Crippen LogP contribution in [0.3, 0.4) is 0 Å². The van der Waals surface area contributed by atoms with E-state index in [0.29, 0.717) is 28.6 Å². The first kappa shape index (κ1) is 16.8. The second kappa shape index (κ2) is 7.27. The minimum absolute atomic E-state index is 0.156. The number of hydrogen-bond donors (Lipinski definition) is 2. The molecule has 0 saturated heterocycles. The van der Waals surface area contributed by atoms with Crippen molar-refractivity contribution in [1.82, 2.24) is 19.9 Å². The van der Waals surface area contributed by atoms with Gasteiger partial charge in [-0.05, 0) is 41.7 Å². The molecule has 0 aliphatic carbocycles. The minimum Gasteiger partial charge on any atom is -0.361 e. The molecule has 0 fully saturated rings. The topological polar surface area (TPSA) is 70.7 Å². The highest BCUT2D eigenvalue weighted by molar-refractivity contribution is 7.08. The summed E-state index contributed by atoms with van der Waals surface area (Å²) in [5, 5.41) is 8.84. The summed E-state index contributed by atoms with van der Waals surface area (Å²) in [6, 6.07) is 15.3. The standard InChI is InChI=1S/C19H15ClN4OS/c20-14-6-7-16-15(10-14)13(11-22-16)8-9-21-19(25)18-17(23-24-26-18)12-4-2-1-3-5-12/h1-7,10-11,22H,8-9H2,(H,21,25). The summed E-state index contributed by atoms with van der Waals surface area (Å²) in [5.41, 5.74) is 3.66. The lowest BCUT2D eigenvalue weighted by Crippen LogP contribution is -2.25. The molecule has 0 spiro atoms. The van der Waals surface area contributed by atoms with E-state index in [4.69, 9.17) is 11.6 Å². The average Bonchev–Trinajstić information content (AvgIpc) is 3.30. The molecular weight excluding hydrogens is 368 g/mol. The van der Waals surface area contributed by atoms with Crippen LogP contribution in [0.1, 0.15) is 15.2 Å². The summed E-state index contributed by atoms with van der Waals surface area (Å²) < 4.78 is 3.94. The highest BCUT2D eigenvalue weighted by Gasteiger charge is 2.17. The second-order valence-corrected chi connectivity index (χ2v) is 7.02. The van der Waals surface area contributed by atoms with Gasteiger partial charge < -0.3 is 10.3 Å². The van der Waals surface area contributed by atoms with E-state index in [1.54, 1.807) is 0 Å². The van der Waals surface area contributed by atoms with Crippen molar-refractivity contribution in [2.24, 2.45) is 0 Å². The fourth-order valence-electron chi connectivity index (χ4n) is 2.87. The molecule has 0 saturated carbocycles. The van der Waals surface area contributed by atoms with Crippen LogP contribution in [0.25, 0.3) is 22.2 Å². The summed E-state index contributed by atoms with van der Waals surface area (Å²) in [7, 11) is 0. The highest BCUT2D eigenvalue weighted by atomic mass is 35.5. The molecule has 0 unspecified atom stereocenters. The number of carbonyl (C=O) groups excluding carboxylic acids is 1. The Labute approximate surface area is 159 Å². The van der Waals surface area contributed by atoms with Crippen LogP contribution in [0, 0.1) is 0 Å². The lowest BCUT2D eigenvalue weighted by Gasteiger charge is -2.05. The zero-order valence-electron chi connectivity index (χ0n) is 13.7. The molecule has 1 amide bonds. The van der Waals surface area contributed by atoms with Crippen molar-refractivity contribution >= 4 is 39.9 Å². The lowest BCUT2D eigenvalue weighted by atomic mass is 10.1. The first-order chi connectivity index (χ1) is 12.7. The van der Waals surface area contributed by atoms with Gasteiger partial charge in [0.2, 0.25) is 0 Å². The number of carbonyl (C=O) groups is 1. The first-order valence-electron chi connectivity index (χ1n) is 8.14. The second-order valence-electron chi connectivity index (χ2n) is 5.83. The monoisotopic (exact) mass is 382 g/mol. The van der Waals surface area contributed by atoms with Gasteiger partial charge in [-0.2, -0.15) is 0 Å². The Morgan fingerprint density at radius 2 is 2.04 bits per heavy atom. The van der Waals surface area contributed by atoms with E-state index in [9.17, 15) is 4.79 Å². The number of H-pyrrole nitrogens is 1. The normalized spacial score (nSPS) is 11.0. The number of halogens is 1. The maximum Gasteiger partial charge on any atom is 0.265 e. The number of nitrogens with one attached hydrogen (secondary N) is 2. The Kier molecular flexibility index (Phi) is 4.69. The number of amides is 1. The van der Waals surface area contributed by atoms with E-state index in [0.717, 1.165) is 33.6 Å². The minimum atomic E-state index is -0.156. The van der Waals surface area contributed by atoms with Crippen LogP contribution in [0.15, 0.2) is 54.7 Å². The SMILES string of the molecule is O=C(NCCc1c[nH]c2ccc(Cl)cc12)c1snnc1-c1ccccc1. The molecule has 4 rings (SSSR count). The molecule has 2 aromatic heterocycles. The third kappa shape index (κ3) is 3.34. The van der Waals surface area contributed by atoms with Crippen LogP contribution in [0.4, 0.5) is 0 Å². The Morgan fingerprint density at radius 1 is 1.19 bits per heavy atom. The molecular formula is C19H15ClN4OS. The van der Waals surface area contributed by atoms with Gasteiger partial charge in [0.05, 0.1) is 0 Å². The molecule has 7 heteroatoms. The van der Waals surface area contributed by atoms with Crippen molar-refractivity contribution in [2.75, 3.05) is 6.54 Å². The van der Waals surface area contributed by atoms with Gasteiger partial charge >= 0.3 is 0 Å². The van der Waals surface area contributed by atoms with Crippen LogP contribution in [0.2, 0.25) is 5.02 Å². The molecule has 2 heterocycles. The predicted octanol–water partition coefficient (Wildman–Crippen LogP) is 4.31.